The predicted octanol–water partition coefficient (Wildman–Crippen LogP) is 3.47. The molecule has 160 valence electrons. The van der Waals surface area contributed by atoms with Crippen molar-refractivity contribution in [2.45, 2.75) is 43.9 Å². The molecule has 1 aromatic heterocycles. The molecular weight excluding hydrogens is 383 g/mol. The number of hydrogen-bond acceptors (Lipinski definition) is 5. The molecule has 1 aliphatic heterocycles. The van der Waals surface area contributed by atoms with E-state index in [1.165, 1.54) is 12.1 Å². The Hall–Kier alpha value is -2.70. The third kappa shape index (κ3) is 4.40. The number of hydrogen-bond donors (Lipinski definition) is 1. The summed E-state index contributed by atoms with van der Waals surface area (Å²) in [5.41, 5.74) is 1.06. The first-order valence-electron chi connectivity index (χ1n) is 10.8. The maximum Gasteiger partial charge on any atom is 0.228 e. The molecule has 1 aromatic carbocycles. The molecule has 2 aromatic rings. The summed E-state index contributed by atoms with van der Waals surface area (Å²) in [4.78, 5) is 23.7. The summed E-state index contributed by atoms with van der Waals surface area (Å²) in [6, 6.07) is 8.52. The quantitative estimate of drug-likeness (QED) is 0.787. The smallest absolute Gasteiger partial charge is 0.228 e. The average molecular weight is 413 g/mol. The first-order chi connectivity index (χ1) is 14.6. The molecule has 6 nitrogen and oxygen atoms in total. The number of rotatable bonds is 6. The van der Waals surface area contributed by atoms with Crippen LogP contribution in [0.3, 0.4) is 0 Å². The number of piperidine rings is 1. The molecule has 4 rings (SSSR count). The zero-order valence-corrected chi connectivity index (χ0v) is 17.4. The van der Waals surface area contributed by atoms with Gasteiger partial charge in [0.2, 0.25) is 17.7 Å². The average Bonchev–Trinajstić information content (AvgIpc) is 3.28. The fourth-order valence-electron chi connectivity index (χ4n) is 4.76. The number of amides is 1. The van der Waals surface area contributed by atoms with Crippen molar-refractivity contribution >= 4 is 11.9 Å². The van der Waals surface area contributed by atoms with E-state index in [-0.39, 0.29) is 23.1 Å². The molecule has 30 heavy (non-hydrogen) atoms. The van der Waals surface area contributed by atoms with E-state index >= 15 is 0 Å². The van der Waals surface area contributed by atoms with Gasteiger partial charge in [-0.05, 0) is 43.4 Å². The first kappa shape index (κ1) is 20.6. The highest BCUT2D eigenvalue weighted by Gasteiger charge is 2.37. The number of carbonyl (C=O) groups is 1. The normalized spacial score (nSPS) is 18.9. The molecular formula is C23H29FN4O2. The lowest BCUT2D eigenvalue weighted by molar-refractivity contribution is -0.125. The van der Waals surface area contributed by atoms with Crippen molar-refractivity contribution in [2.24, 2.45) is 5.92 Å². The van der Waals surface area contributed by atoms with Crippen molar-refractivity contribution in [3.05, 3.63) is 47.9 Å². The minimum atomic E-state index is -0.220. The van der Waals surface area contributed by atoms with Crippen molar-refractivity contribution in [3.8, 4) is 5.88 Å². The number of ether oxygens (including phenoxy) is 1. The Balaban J connectivity index is 1.33. The number of methoxy groups -OCH3 is 1. The van der Waals surface area contributed by atoms with Crippen LogP contribution in [0.5, 0.6) is 5.88 Å². The maximum atomic E-state index is 13.4. The molecule has 2 fully saturated rings. The lowest BCUT2D eigenvalue weighted by Crippen LogP contribution is -2.45. The molecule has 2 heterocycles. The standard InChI is InChI=1S/C23H29FN4O2/c1-30-20-8-13-25-22(27-20)28-14-9-17(10-15-28)21(29)26-16-23(11-2-3-12-23)18-4-6-19(24)7-5-18/h4-8,13,17H,2-3,9-12,14-16H2,1H3,(H,26,29). The van der Waals surface area contributed by atoms with E-state index in [2.05, 4.69) is 20.2 Å². The van der Waals surface area contributed by atoms with Gasteiger partial charge in [-0.1, -0.05) is 25.0 Å². The molecule has 1 amide bonds. The molecule has 2 aliphatic rings. The van der Waals surface area contributed by atoms with Gasteiger partial charge in [-0.25, -0.2) is 9.37 Å². The molecule has 1 saturated heterocycles. The molecule has 1 saturated carbocycles. The Morgan fingerprint density at radius 2 is 1.90 bits per heavy atom. The minimum absolute atomic E-state index is 0.00136. The monoisotopic (exact) mass is 412 g/mol. The van der Waals surface area contributed by atoms with E-state index in [1.807, 2.05) is 12.1 Å². The zero-order chi connectivity index (χ0) is 21.0. The highest BCUT2D eigenvalue weighted by Crippen LogP contribution is 2.40. The third-order valence-corrected chi connectivity index (χ3v) is 6.59. The van der Waals surface area contributed by atoms with Crippen molar-refractivity contribution < 1.29 is 13.9 Å². The topological polar surface area (TPSA) is 67.3 Å². The Morgan fingerprint density at radius 3 is 2.57 bits per heavy atom. The Kier molecular flexibility index (Phi) is 6.16. The molecule has 0 unspecified atom stereocenters. The summed E-state index contributed by atoms with van der Waals surface area (Å²) < 4.78 is 18.5. The van der Waals surface area contributed by atoms with Gasteiger partial charge in [0.25, 0.3) is 0 Å². The summed E-state index contributed by atoms with van der Waals surface area (Å²) in [5, 5.41) is 3.22. The van der Waals surface area contributed by atoms with Crippen LogP contribution in [-0.4, -0.2) is 42.6 Å². The number of carbonyl (C=O) groups excluding carboxylic acids is 1. The Bertz CT molecular complexity index is 860. The number of nitrogens with zero attached hydrogens (tertiary/aromatic N) is 3. The molecule has 0 spiro atoms. The largest absolute Gasteiger partial charge is 0.481 e. The van der Waals surface area contributed by atoms with Gasteiger partial charge in [-0.15, -0.1) is 0 Å². The molecule has 1 N–H and O–H groups in total. The lowest BCUT2D eigenvalue weighted by Gasteiger charge is -2.33. The molecule has 0 atom stereocenters. The van der Waals surface area contributed by atoms with Crippen molar-refractivity contribution in [2.75, 3.05) is 31.6 Å². The fraction of sp³-hybridized carbons (Fsp3) is 0.522. The van der Waals surface area contributed by atoms with Crippen molar-refractivity contribution in [1.82, 2.24) is 15.3 Å². The molecule has 0 bridgehead atoms. The second kappa shape index (κ2) is 8.98. The van der Waals surface area contributed by atoms with Gasteiger partial charge in [0.05, 0.1) is 7.11 Å². The number of aromatic nitrogens is 2. The van der Waals surface area contributed by atoms with Gasteiger partial charge in [0.1, 0.15) is 5.82 Å². The van der Waals surface area contributed by atoms with Crippen LogP contribution in [0.25, 0.3) is 0 Å². The van der Waals surface area contributed by atoms with E-state index in [1.54, 1.807) is 19.4 Å². The van der Waals surface area contributed by atoms with E-state index in [0.29, 0.717) is 18.4 Å². The van der Waals surface area contributed by atoms with Crippen LogP contribution in [0.1, 0.15) is 44.1 Å². The van der Waals surface area contributed by atoms with Crippen LogP contribution in [0.15, 0.2) is 36.5 Å². The SMILES string of the molecule is COc1ccnc(N2CCC(C(=O)NCC3(c4ccc(F)cc4)CCCC3)CC2)n1. The van der Waals surface area contributed by atoms with Crippen LogP contribution >= 0.6 is 0 Å². The van der Waals surface area contributed by atoms with Gasteiger partial charge in [-0.2, -0.15) is 4.98 Å². The van der Waals surface area contributed by atoms with Crippen LogP contribution in [0.4, 0.5) is 10.3 Å². The number of nitrogens with one attached hydrogen (secondary N) is 1. The number of benzene rings is 1. The summed E-state index contributed by atoms with van der Waals surface area (Å²) in [7, 11) is 1.59. The molecule has 1 aliphatic carbocycles. The van der Waals surface area contributed by atoms with Gasteiger partial charge in [0, 0.05) is 43.2 Å². The minimum Gasteiger partial charge on any atom is -0.481 e. The summed E-state index contributed by atoms with van der Waals surface area (Å²) in [5.74, 6) is 1.09. The van der Waals surface area contributed by atoms with E-state index in [0.717, 1.165) is 57.2 Å². The highest BCUT2D eigenvalue weighted by molar-refractivity contribution is 5.79. The fourth-order valence-corrected chi connectivity index (χ4v) is 4.76. The van der Waals surface area contributed by atoms with E-state index < -0.39 is 0 Å². The lowest BCUT2D eigenvalue weighted by atomic mass is 9.78. The zero-order valence-electron chi connectivity index (χ0n) is 17.4. The van der Waals surface area contributed by atoms with E-state index in [4.69, 9.17) is 4.74 Å². The number of halogens is 1. The van der Waals surface area contributed by atoms with Crippen LogP contribution < -0.4 is 15.0 Å². The van der Waals surface area contributed by atoms with E-state index in [9.17, 15) is 9.18 Å². The van der Waals surface area contributed by atoms with Crippen LogP contribution in [-0.2, 0) is 10.2 Å². The van der Waals surface area contributed by atoms with Gasteiger partial charge >= 0.3 is 0 Å². The van der Waals surface area contributed by atoms with Crippen molar-refractivity contribution in [3.63, 3.8) is 0 Å². The summed E-state index contributed by atoms with van der Waals surface area (Å²) in [6.07, 6.45) is 7.59. The maximum absolute atomic E-state index is 13.4. The third-order valence-electron chi connectivity index (χ3n) is 6.59. The molecule has 0 radical (unpaired) electrons. The first-order valence-corrected chi connectivity index (χ1v) is 10.8. The Labute approximate surface area is 176 Å². The Morgan fingerprint density at radius 1 is 1.20 bits per heavy atom. The van der Waals surface area contributed by atoms with Crippen molar-refractivity contribution in [1.29, 1.82) is 0 Å². The second-order valence-electron chi connectivity index (χ2n) is 8.37. The predicted molar refractivity (Wildman–Crippen MR) is 113 cm³/mol. The van der Waals surface area contributed by atoms with Crippen LogP contribution in [0, 0.1) is 11.7 Å². The summed E-state index contributed by atoms with van der Waals surface area (Å²) >= 11 is 0. The van der Waals surface area contributed by atoms with Gasteiger partial charge in [-0.3, -0.25) is 4.79 Å². The number of anilines is 1. The highest BCUT2D eigenvalue weighted by atomic mass is 19.1. The van der Waals surface area contributed by atoms with Gasteiger partial charge in [0.15, 0.2) is 0 Å². The van der Waals surface area contributed by atoms with Crippen LogP contribution in [0.2, 0.25) is 0 Å². The second-order valence-corrected chi connectivity index (χ2v) is 8.37. The van der Waals surface area contributed by atoms with Gasteiger partial charge < -0.3 is 15.0 Å². The summed E-state index contributed by atoms with van der Waals surface area (Å²) in [6.45, 7) is 2.11. The molecule has 7 heteroatoms.